The molecule has 2 N–H and O–H groups in total. The van der Waals surface area contributed by atoms with E-state index in [2.05, 4.69) is 37.4 Å². The quantitative estimate of drug-likeness (QED) is 0.867. The first-order chi connectivity index (χ1) is 10.3. The summed E-state index contributed by atoms with van der Waals surface area (Å²) in [6.07, 6.45) is 8.95. The first-order valence-corrected chi connectivity index (χ1v) is 8.05. The van der Waals surface area contributed by atoms with E-state index in [1.807, 2.05) is 17.1 Å². The number of fused-ring (bicyclic) bond motifs is 1. The third-order valence-electron chi connectivity index (χ3n) is 3.89. The molecule has 0 fully saturated rings. The lowest BCUT2D eigenvalue weighted by Crippen LogP contribution is -2.25. The molecule has 2 aromatic rings. The minimum absolute atomic E-state index is 0.135. The number of halogens is 1. The maximum absolute atomic E-state index is 9.10. The molecule has 0 aromatic carbocycles. The lowest BCUT2D eigenvalue weighted by molar-refractivity contribution is 0.266. The van der Waals surface area contributed by atoms with E-state index in [-0.39, 0.29) is 6.61 Å². The molecule has 2 heterocycles. The minimum atomic E-state index is 0.135. The predicted octanol–water partition coefficient (Wildman–Crippen LogP) is 2.20. The van der Waals surface area contributed by atoms with Crippen LogP contribution in [0.3, 0.4) is 0 Å². The van der Waals surface area contributed by atoms with Crippen molar-refractivity contribution in [1.82, 2.24) is 20.1 Å². The zero-order valence-electron chi connectivity index (χ0n) is 11.8. The molecule has 1 aliphatic carbocycles. The second-order valence-electron chi connectivity index (χ2n) is 5.33. The molecule has 0 spiro atoms. The summed E-state index contributed by atoms with van der Waals surface area (Å²) in [5.41, 5.74) is 3.71. The van der Waals surface area contributed by atoms with Crippen molar-refractivity contribution in [3.05, 3.63) is 46.0 Å². The first-order valence-electron chi connectivity index (χ1n) is 7.26. The largest absolute Gasteiger partial charge is 0.394 e. The lowest BCUT2D eigenvalue weighted by Gasteiger charge is -2.24. The Morgan fingerprint density at radius 2 is 2.29 bits per heavy atom. The Kier molecular flexibility index (Phi) is 4.67. The summed E-state index contributed by atoms with van der Waals surface area (Å²) in [4.78, 5) is 4.19. The van der Waals surface area contributed by atoms with Crippen LogP contribution in [0.5, 0.6) is 0 Å². The molecule has 0 radical (unpaired) electrons. The van der Waals surface area contributed by atoms with Gasteiger partial charge in [0.25, 0.3) is 0 Å². The van der Waals surface area contributed by atoms with E-state index in [9.17, 15) is 0 Å². The molecule has 0 amide bonds. The van der Waals surface area contributed by atoms with Crippen molar-refractivity contribution >= 4 is 15.9 Å². The van der Waals surface area contributed by atoms with Crippen molar-refractivity contribution in [2.75, 3.05) is 6.61 Å². The van der Waals surface area contributed by atoms with Crippen LogP contribution in [0.4, 0.5) is 0 Å². The molecule has 3 rings (SSSR count). The molecule has 6 heteroatoms. The molecular formula is C15H19BrN4O. The number of nitrogens with one attached hydrogen (secondary N) is 1. The van der Waals surface area contributed by atoms with Gasteiger partial charge in [-0.2, -0.15) is 5.10 Å². The molecule has 21 heavy (non-hydrogen) atoms. The SMILES string of the molecule is OCCn1ncc2c1CCCC2NCc1cncc(Br)c1. The van der Waals surface area contributed by atoms with Gasteiger partial charge in [-0.05, 0) is 46.8 Å². The fourth-order valence-corrected chi connectivity index (χ4v) is 3.32. The van der Waals surface area contributed by atoms with Crippen molar-refractivity contribution in [2.45, 2.75) is 38.4 Å². The van der Waals surface area contributed by atoms with Gasteiger partial charge in [0, 0.05) is 40.7 Å². The maximum atomic E-state index is 9.10. The van der Waals surface area contributed by atoms with E-state index in [0.29, 0.717) is 12.6 Å². The monoisotopic (exact) mass is 350 g/mol. The highest BCUT2D eigenvalue weighted by Crippen LogP contribution is 2.29. The van der Waals surface area contributed by atoms with Gasteiger partial charge in [-0.15, -0.1) is 0 Å². The van der Waals surface area contributed by atoms with Gasteiger partial charge in [0.05, 0.1) is 19.3 Å². The summed E-state index contributed by atoms with van der Waals surface area (Å²) < 4.78 is 2.94. The van der Waals surface area contributed by atoms with Crippen LogP contribution in [-0.2, 0) is 19.5 Å². The Morgan fingerprint density at radius 1 is 1.38 bits per heavy atom. The highest BCUT2D eigenvalue weighted by molar-refractivity contribution is 9.10. The zero-order valence-corrected chi connectivity index (χ0v) is 13.4. The van der Waals surface area contributed by atoms with Crippen molar-refractivity contribution in [3.63, 3.8) is 0 Å². The normalized spacial score (nSPS) is 17.7. The number of aromatic nitrogens is 3. The molecule has 0 saturated heterocycles. The van der Waals surface area contributed by atoms with E-state index < -0.39 is 0 Å². The maximum Gasteiger partial charge on any atom is 0.0644 e. The average Bonchev–Trinajstić information content (AvgIpc) is 2.90. The predicted molar refractivity (Wildman–Crippen MR) is 83.8 cm³/mol. The van der Waals surface area contributed by atoms with E-state index >= 15 is 0 Å². The molecule has 2 aromatic heterocycles. The topological polar surface area (TPSA) is 63.0 Å². The number of pyridine rings is 1. The Balaban J connectivity index is 1.70. The second kappa shape index (κ2) is 6.68. The van der Waals surface area contributed by atoms with Gasteiger partial charge < -0.3 is 10.4 Å². The molecule has 112 valence electrons. The number of hydrogen-bond donors (Lipinski definition) is 2. The van der Waals surface area contributed by atoms with Crippen LogP contribution in [0.1, 0.15) is 35.7 Å². The molecule has 0 bridgehead atoms. The van der Waals surface area contributed by atoms with Gasteiger partial charge in [-0.3, -0.25) is 9.67 Å². The summed E-state index contributed by atoms with van der Waals surface area (Å²) >= 11 is 3.45. The third kappa shape index (κ3) is 3.33. The molecule has 5 nitrogen and oxygen atoms in total. The summed E-state index contributed by atoms with van der Waals surface area (Å²) in [5, 5.41) is 17.1. The standard InChI is InChI=1S/C15H19BrN4O/c16-12-6-11(7-17-9-12)8-18-14-2-1-3-15-13(14)10-19-20(15)4-5-21/h6-7,9-10,14,18,21H,1-5,8H2. The fraction of sp³-hybridized carbons (Fsp3) is 0.467. The van der Waals surface area contributed by atoms with Crippen molar-refractivity contribution < 1.29 is 5.11 Å². The van der Waals surface area contributed by atoms with Gasteiger partial charge in [0.1, 0.15) is 0 Å². The number of nitrogens with zero attached hydrogens (tertiary/aromatic N) is 3. The van der Waals surface area contributed by atoms with Crippen molar-refractivity contribution in [2.24, 2.45) is 0 Å². The van der Waals surface area contributed by atoms with Crippen LogP contribution in [0.25, 0.3) is 0 Å². The number of rotatable bonds is 5. The summed E-state index contributed by atoms with van der Waals surface area (Å²) in [6.45, 7) is 1.51. The molecule has 1 aliphatic rings. The number of hydrogen-bond acceptors (Lipinski definition) is 4. The Labute approximate surface area is 132 Å². The molecule has 0 aliphatic heterocycles. The zero-order chi connectivity index (χ0) is 14.7. The molecular weight excluding hydrogens is 332 g/mol. The third-order valence-corrected chi connectivity index (χ3v) is 4.32. The molecule has 1 unspecified atom stereocenters. The smallest absolute Gasteiger partial charge is 0.0644 e. The van der Waals surface area contributed by atoms with Crippen LogP contribution in [0, 0.1) is 0 Å². The van der Waals surface area contributed by atoms with E-state index in [1.54, 1.807) is 6.20 Å². The van der Waals surface area contributed by atoms with Crippen LogP contribution >= 0.6 is 15.9 Å². The van der Waals surface area contributed by atoms with Crippen LogP contribution in [0.2, 0.25) is 0 Å². The van der Waals surface area contributed by atoms with E-state index in [1.165, 1.54) is 16.8 Å². The van der Waals surface area contributed by atoms with Gasteiger partial charge in [-0.1, -0.05) is 0 Å². The highest BCUT2D eigenvalue weighted by Gasteiger charge is 2.23. The summed E-state index contributed by atoms with van der Waals surface area (Å²) in [7, 11) is 0. The van der Waals surface area contributed by atoms with Crippen molar-refractivity contribution in [3.8, 4) is 0 Å². The second-order valence-corrected chi connectivity index (χ2v) is 6.25. The highest BCUT2D eigenvalue weighted by atomic mass is 79.9. The first kappa shape index (κ1) is 14.7. The number of aliphatic hydroxyl groups excluding tert-OH is 1. The van der Waals surface area contributed by atoms with Gasteiger partial charge in [-0.25, -0.2) is 0 Å². The molecule has 1 atom stereocenters. The Bertz CT molecular complexity index is 613. The van der Waals surface area contributed by atoms with E-state index in [4.69, 9.17) is 5.11 Å². The van der Waals surface area contributed by atoms with Gasteiger partial charge in [0.2, 0.25) is 0 Å². The number of aliphatic hydroxyl groups is 1. The summed E-state index contributed by atoms with van der Waals surface area (Å²) in [6, 6.07) is 2.42. The Hall–Kier alpha value is -1.24. The van der Waals surface area contributed by atoms with Crippen LogP contribution in [0.15, 0.2) is 29.1 Å². The Morgan fingerprint density at radius 3 is 3.10 bits per heavy atom. The van der Waals surface area contributed by atoms with Crippen LogP contribution in [-0.4, -0.2) is 26.5 Å². The van der Waals surface area contributed by atoms with Gasteiger partial charge >= 0.3 is 0 Å². The van der Waals surface area contributed by atoms with Gasteiger partial charge in [0.15, 0.2) is 0 Å². The fourth-order valence-electron chi connectivity index (χ4n) is 2.91. The van der Waals surface area contributed by atoms with E-state index in [0.717, 1.165) is 30.3 Å². The molecule has 0 saturated carbocycles. The van der Waals surface area contributed by atoms with Crippen LogP contribution < -0.4 is 5.32 Å². The lowest BCUT2D eigenvalue weighted by atomic mass is 9.93. The van der Waals surface area contributed by atoms with Crippen molar-refractivity contribution in [1.29, 1.82) is 0 Å². The summed E-state index contributed by atoms with van der Waals surface area (Å²) in [5.74, 6) is 0. The minimum Gasteiger partial charge on any atom is -0.394 e. The average molecular weight is 351 g/mol.